The van der Waals surface area contributed by atoms with Crippen molar-refractivity contribution in [3.05, 3.63) is 71.8 Å². The summed E-state index contributed by atoms with van der Waals surface area (Å²) in [4.78, 5) is 21.5. The average molecular weight is 316 g/mol. The minimum absolute atomic E-state index is 0.142. The van der Waals surface area contributed by atoms with Crippen molar-refractivity contribution in [3.8, 4) is 0 Å². The van der Waals surface area contributed by atoms with Gasteiger partial charge in [-0.1, -0.05) is 36.4 Å². The average Bonchev–Trinajstić information content (AvgIpc) is 2.60. The van der Waals surface area contributed by atoms with E-state index in [-0.39, 0.29) is 12.6 Å². The number of carbonyl (C=O) groups excluding carboxylic acids is 1. The summed E-state index contributed by atoms with van der Waals surface area (Å²) in [5, 5.41) is 16.9. The zero-order valence-corrected chi connectivity index (χ0v) is 12.7. The summed E-state index contributed by atoms with van der Waals surface area (Å²) >= 11 is 0. The molecule has 0 spiro atoms. The Labute approximate surface area is 135 Å². The fourth-order valence-corrected chi connectivity index (χ4v) is 1.62. The molecule has 5 nitrogen and oxygen atoms in total. The fraction of sp³-hybridized carbons (Fsp3) is 0.222. The fourth-order valence-electron chi connectivity index (χ4n) is 1.62. The van der Waals surface area contributed by atoms with Crippen LogP contribution in [0.2, 0.25) is 0 Å². The molecule has 2 aromatic rings. The van der Waals surface area contributed by atoms with Gasteiger partial charge in [-0.25, -0.2) is 9.59 Å². The Balaban J connectivity index is 0.000000253. The van der Waals surface area contributed by atoms with Crippen LogP contribution in [0.5, 0.6) is 0 Å². The van der Waals surface area contributed by atoms with Crippen LogP contribution in [-0.4, -0.2) is 35.4 Å². The van der Waals surface area contributed by atoms with Gasteiger partial charge in [-0.2, -0.15) is 0 Å². The predicted octanol–water partition coefficient (Wildman–Crippen LogP) is 3.00. The number of hydrogen-bond acceptors (Lipinski definition) is 4. The highest BCUT2D eigenvalue weighted by Gasteiger charge is 2.04. The lowest BCUT2D eigenvalue weighted by molar-refractivity contribution is 0.0492. The number of aliphatic hydroxyl groups excluding tert-OH is 1. The van der Waals surface area contributed by atoms with E-state index in [4.69, 9.17) is 14.9 Å². The van der Waals surface area contributed by atoms with Crippen molar-refractivity contribution in [2.45, 2.75) is 12.8 Å². The van der Waals surface area contributed by atoms with Gasteiger partial charge in [-0.05, 0) is 37.1 Å². The molecule has 2 aromatic carbocycles. The summed E-state index contributed by atoms with van der Waals surface area (Å²) in [5.41, 5.74) is 0.897. The van der Waals surface area contributed by atoms with Gasteiger partial charge in [0.1, 0.15) is 0 Å². The van der Waals surface area contributed by atoms with Crippen LogP contribution in [0, 0.1) is 0 Å². The molecular formula is C18H20O5. The van der Waals surface area contributed by atoms with Gasteiger partial charge in [0.15, 0.2) is 0 Å². The van der Waals surface area contributed by atoms with E-state index in [2.05, 4.69) is 0 Å². The second-order valence-electron chi connectivity index (χ2n) is 4.60. The number of carboxylic acids is 1. The number of esters is 1. The molecule has 122 valence electrons. The molecule has 0 amide bonds. The van der Waals surface area contributed by atoms with Crippen LogP contribution in [0.25, 0.3) is 0 Å². The highest BCUT2D eigenvalue weighted by atomic mass is 16.5. The molecule has 0 aliphatic rings. The van der Waals surface area contributed by atoms with E-state index in [1.807, 2.05) is 6.07 Å². The van der Waals surface area contributed by atoms with Crippen LogP contribution in [0.4, 0.5) is 0 Å². The maximum atomic E-state index is 11.3. The van der Waals surface area contributed by atoms with E-state index in [1.54, 1.807) is 54.6 Å². The lowest BCUT2D eigenvalue weighted by Gasteiger charge is -2.03. The molecule has 23 heavy (non-hydrogen) atoms. The number of aromatic carboxylic acids is 1. The predicted molar refractivity (Wildman–Crippen MR) is 86.4 cm³/mol. The molecule has 0 saturated carbocycles. The van der Waals surface area contributed by atoms with Crippen LogP contribution in [0.15, 0.2) is 60.7 Å². The number of ether oxygens (including phenoxy) is 1. The van der Waals surface area contributed by atoms with Gasteiger partial charge in [0, 0.05) is 6.61 Å². The second-order valence-corrected chi connectivity index (χ2v) is 4.60. The number of carboxylic acid groups (broad SMARTS) is 1. The van der Waals surface area contributed by atoms with E-state index in [0.29, 0.717) is 30.6 Å². The summed E-state index contributed by atoms with van der Waals surface area (Å²) in [5.74, 6) is -1.18. The Morgan fingerprint density at radius 3 is 1.78 bits per heavy atom. The molecule has 2 N–H and O–H groups in total. The van der Waals surface area contributed by atoms with Crippen molar-refractivity contribution in [2.75, 3.05) is 13.2 Å². The van der Waals surface area contributed by atoms with Crippen LogP contribution in [0.1, 0.15) is 33.6 Å². The van der Waals surface area contributed by atoms with Crippen LogP contribution in [0.3, 0.4) is 0 Å². The van der Waals surface area contributed by atoms with Gasteiger partial charge >= 0.3 is 11.9 Å². The molecule has 0 aliphatic heterocycles. The Morgan fingerprint density at radius 1 is 0.826 bits per heavy atom. The van der Waals surface area contributed by atoms with Gasteiger partial charge in [0.05, 0.1) is 17.7 Å². The highest BCUT2D eigenvalue weighted by molar-refractivity contribution is 5.89. The van der Waals surface area contributed by atoms with Crippen LogP contribution < -0.4 is 0 Å². The SMILES string of the molecule is O=C(O)c1ccccc1.O=C(OCCCCO)c1ccccc1. The molecule has 5 heteroatoms. The van der Waals surface area contributed by atoms with Gasteiger partial charge in [0.25, 0.3) is 0 Å². The molecule has 0 bridgehead atoms. The largest absolute Gasteiger partial charge is 0.478 e. The molecule has 0 heterocycles. The minimum Gasteiger partial charge on any atom is -0.478 e. The Hall–Kier alpha value is -2.66. The maximum Gasteiger partial charge on any atom is 0.338 e. The molecule has 0 fully saturated rings. The third-order valence-electron chi connectivity index (χ3n) is 2.82. The first-order valence-corrected chi connectivity index (χ1v) is 7.26. The second kappa shape index (κ2) is 11.0. The molecule has 0 aliphatic carbocycles. The quantitative estimate of drug-likeness (QED) is 0.632. The Bertz CT molecular complexity index is 581. The smallest absolute Gasteiger partial charge is 0.338 e. The topological polar surface area (TPSA) is 83.8 Å². The van der Waals surface area contributed by atoms with Gasteiger partial charge in [-0.3, -0.25) is 0 Å². The molecule has 2 rings (SSSR count). The molecular weight excluding hydrogens is 296 g/mol. The van der Waals surface area contributed by atoms with E-state index < -0.39 is 5.97 Å². The number of benzene rings is 2. The van der Waals surface area contributed by atoms with Crippen molar-refractivity contribution in [3.63, 3.8) is 0 Å². The number of unbranched alkanes of at least 4 members (excludes halogenated alkanes) is 1. The van der Waals surface area contributed by atoms with Crippen molar-refractivity contribution in [2.24, 2.45) is 0 Å². The first kappa shape index (κ1) is 18.4. The molecule has 0 saturated heterocycles. The van der Waals surface area contributed by atoms with Crippen molar-refractivity contribution in [1.29, 1.82) is 0 Å². The van der Waals surface area contributed by atoms with Crippen LogP contribution >= 0.6 is 0 Å². The molecule has 0 radical (unpaired) electrons. The molecule has 0 unspecified atom stereocenters. The van der Waals surface area contributed by atoms with Crippen molar-refractivity contribution < 1.29 is 24.5 Å². The summed E-state index contributed by atoms with van der Waals surface area (Å²) in [7, 11) is 0. The van der Waals surface area contributed by atoms with E-state index in [0.717, 1.165) is 0 Å². The standard InChI is InChI=1S/C11H14O3.C7H6O2/c12-8-4-5-9-14-11(13)10-6-2-1-3-7-10;8-7(9)6-4-2-1-3-5-6/h1-3,6-7,12H,4-5,8-9H2;1-5H,(H,8,9). The third kappa shape index (κ3) is 7.78. The lowest BCUT2D eigenvalue weighted by atomic mass is 10.2. The summed E-state index contributed by atoms with van der Waals surface area (Å²) < 4.78 is 4.98. The minimum atomic E-state index is -0.879. The zero-order valence-electron chi connectivity index (χ0n) is 12.7. The molecule has 0 aromatic heterocycles. The van der Waals surface area contributed by atoms with Gasteiger partial charge < -0.3 is 14.9 Å². The van der Waals surface area contributed by atoms with E-state index in [1.165, 1.54) is 0 Å². The Morgan fingerprint density at radius 2 is 1.35 bits per heavy atom. The highest BCUT2D eigenvalue weighted by Crippen LogP contribution is 2.01. The van der Waals surface area contributed by atoms with Gasteiger partial charge in [0.2, 0.25) is 0 Å². The monoisotopic (exact) mass is 316 g/mol. The zero-order chi connectivity index (χ0) is 16.9. The third-order valence-corrected chi connectivity index (χ3v) is 2.82. The maximum absolute atomic E-state index is 11.3. The summed E-state index contributed by atoms with van der Waals surface area (Å²) in [6.07, 6.45) is 1.37. The van der Waals surface area contributed by atoms with Crippen molar-refractivity contribution >= 4 is 11.9 Å². The summed E-state index contributed by atoms with van der Waals surface area (Å²) in [6.45, 7) is 0.511. The van der Waals surface area contributed by atoms with Gasteiger partial charge in [-0.15, -0.1) is 0 Å². The normalized spacial score (nSPS) is 9.43. The van der Waals surface area contributed by atoms with E-state index in [9.17, 15) is 9.59 Å². The van der Waals surface area contributed by atoms with Crippen LogP contribution in [-0.2, 0) is 4.74 Å². The van der Waals surface area contributed by atoms with Crippen molar-refractivity contribution in [1.82, 2.24) is 0 Å². The first-order chi connectivity index (χ1) is 11.1. The summed E-state index contributed by atoms with van der Waals surface area (Å²) in [6, 6.07) is 17.2. The number of rotatable bonds is 6. The first-order valence-electron chi connectivity index (χ1n) is 7.26. The number of hydrogen-bond donors (Lipinski definition) is 2. The van der Waals surface area contributed by atoms with E-state index >= 15 is 0 Å². The lowest BCUT2D eigenvalue weighted by Crippen LogP contribution is -2.06. The number of aliphatic hydroxyl groups is 1. The Kier molecular flexibility index (Phi) is 8.78. The molecule has 0 atom stereocenters. The number of carbonyl (C=O) groups is 2.